The second-order valence-electron chi connectivity index (χ2n) is 18.1. The first-order valence-electron chi connectivity index (χ1n) is 19.6. The van der Waals surface area contributed by atoms with Gasteiger partial charge < -0.3 is 29.5 Å². The van der Waals surface area contributed by atoms with E-state index in [9.17, 15) is 29.7 Å². The number of hydrogen-bond donors (Lipinski definition) is 3. The maximum Gasteiger partial charge on any atom is 0.316 e. The summed E-state index contributed by atoms with van der Waals surface area (Å²) in [5.41, 5.74) is -1.79. The molecule has 2 atom stereocenters. The second-order valence-corrected chi connectivity index (χ2v) is 18.1. The maximum absolute atomic E-state index is 12.9. The van der Waals surface area contributed by atoms with Crippen LogP contribution in [0.5, 0.6) is 23.0 Å². The fourth-order valence-electron chi connectivity index (χ4n) is 6.60. The standard InChI is InChI=1S/C48H47N3O9/c1-46(2,3)43(55)58-28-16-10-25-13-19-34(52)37(31(25)22-28)40-49-41(38-32-23-29(59-44(56)47(4,5)6)17-11-26(32)14-20-35(38)53)51-42(50-40)39-33-24-30(60-45(57)48(7,8)9)18-12-27(33)15-21-36(39)54/h10-25,31,52-54H,1-9H3. The van der Waals surface area contributed by atoms with E-state index < -0.39 is 40.1 Å². The Bertz CT molecular complexity index is 2610. The van der Waals surface area contributed by atoms with Crippen molar-refractivity contribution in [2.24, 2.45) is 28.1 Å². The largest absolute Gasteiger partial charge is 0.508 e. The molecule has 1 heterocycles. The Balaban J connectivity index is 1.48. The summed E-state index contributed by atoms with van der Waals surface area (Å²) in [6.45, 7) is 15.7. The van der Waals surface area contributed by atoms with Crippen molar-refractivity contribution in [3.63, 3.8) is 0 Å². The van der Waals surface area contributed by atoms with Gasteiger partial charge in [0.05, 0.1) is 27.4 Å². The fourth-order valence-corrected chi connectivity index (χ4v) is 6.60. The number of phenols is 2. The van der Waals surface area contributed by atoms with Gasteiger partial charge in [-0.2, -0.15) is 0 Å². The van der Waals surface area contributed by atoms with Gasteiger partial charge >= 0.3 is 17.9 Å². The lowest BCUT2D eigenvalue weighted by Crippen LogP contribution is -2.25. The molecule has 12 heteroatoms. The molecule has 4 aromatic carbocycles. The highest BCUT2D eigenvalue weighted by Gasteiger charge is 2.34. The molecule has 2 aliphatic rings. The predicted molar refractivity (Wildman–Crippen MR) is 228 cm³/mol. The van der Waals surface area contributed by atoms with Crippen LogP contribution < -0.4 is 9.47 Å². The number of aromatic nitrogens is 3. The second kappa shape index (κ2) is 15.1. The van der Waals surface area contributed by atoms with E-state index in [1.54, 1.807) is 129 Å². The molecular formula is C48H47N3O9. The van der Waals surface area contributed by atoms with Gasteiger partial charge in [0.25, 0.3) is 0 Å². The van der Waals surface area contributed by atoms with E-state index in [0.29, 0.717) is 21.5 Å². The van der Waals surface area contributed by atoms with E-state index in [4.69, 9.17) is 29.2 Å². The van der Waals surface area contributed by atoms with Gasteiger partial charge in [0, 0.05) is 28.2 Å². The summed E-state index contributed by atoms with van der Waals surface area (Å²) in [7, 11) is 0. The van der Waals surface area contributed by atoms with Crippen LogP contribution in [0, 0.1) is 28.1 Å². The van der Waals surface area contributed by atoms with Gasteiger partial charge in [-0.25, -0.2) is 15.0 Å². The molecule has 2 unspecified atom stereocenters. The Kier molecular flexibility index (Phi) is 10.4. The number of carbonyl (C=O) groups is 3. The average molecular weight is 810 g/mol. The van der Waals surface area contributed by atoms with Crippen LogP contribution in [0.25, 0.3) is 49.9 Å². The SMILES string of the molecule is CC(C)(C)C(=O)OC1=CC2C(c3nc(-c4c(O)ccc5ccc(OC(=O)C(C)(C)C)cc45)nc(-c4c(O)ccc5ccc(OC(=O)C(C)(C)C)cc45)n3)=C(O)C=CC2C=C1. The molecule has 0 radical (unpaired) electrons. The number of phenolic OH excluding ortho intramolecular Hbond substituents is 2. The maximum atomic E-state index is 12.9. The van der Waals surface area contributed by atoms with Gasteiger partial charge in [-0.1, -0.05) is 36.4 Å². The molecule has 308 valence electrons. The van der Waals surface area contributed by atoms with Crippen molar-refractivity contribution in [1.82, 2.24) is 15.0 Å². The summed E-state index contributed by atoms with van der Waals surface area (Å²) in [5, 5.41) is 37.1. The lowest BCUT2D eigenvalue weighted by molar-refractivity contribution is -0.148. The number of ether oxygens (including phenoxy) is 3. The number of aromatic hydroxyl groups is 2. The molecular weight excluding hydrogens is 763 g/mol. The van der Waals surface area contributed by atoms with Gasteiger partial charge in [-0.15, -0.1) is 0 Å². The quantitative estimate of drug-likeness (QED) is 0.109. The van der Waals surface area contributed by atoms with Crippen LogP contribution in [0.1, 0.15) is 68.1 Å². The lowest BCUT2D eigenvalue weighted by Gasteiger charge is -2.29. The highest BCUT2D eigenvalue weighted by molar-refractivity contribution is 6.02. The molecule has 2 aliphatic carbocycles. The Morgan fingerprint density at radius 3 is 1.43 bits per heavy atom. The molecule has 0 bridgehead atoms. The Morgan fingerprint density at radius 2 is 0.967 bits per heavy atom. The summed E-state index contributed by atoms with van der Waals surface area (Å²) in [5.74, 6) is -2.21. The first-order chi connectivity index (χ1) is 28.1. The predicted octanol–water partition coefficient (Wildman–Crippen LogP) is 9.94. The van der Waals surface area contributed by atoms with E-state index in [1.165, 1.54) is 12.1 Å². The van der Waals surface area contributed by atoms with Gasteiger partial charge in [-0.05, 0) is 128 Å². The first kappa shape index (κ1) is 41.3. The van der Waals surface area contributed by atoms with Crippen LogP contribution in [-0.2, 0) is 19.1 Å². The minimum atomic E-state index is -0.796. The smallest absolute Gasteiger partial charge is 0.316 e. The molecule has 7 rings (SSSR count). The third-order valence-electron chi connectivity index (χ3n) is 10.1. The third kappa shape index (κ3) is 8.22. The number of allylic oxidation sites excluding steroid dienone is 6. The van der Waals surface area contributed by atoms with Crippen molar-refractivity contribution >= 4 is 45.0 Å². The molecule has 3 N–H and O–H groups in total. The van der Waals surface area contributed by atoms with Gasteiger partial charge in [-0.3, -0.25) is 14.4 Å². The summed E-state index contributed by atoms with van der Waals surface area (Å²) in [6.07, 6.45) is 8.64. The van der Waals surface area contributed by atoms with Crippen molar-refractivity contribution in [3.05, 3.63) is 108 Å². The van der Waals surface area contributed by atoms with Crippen LogP contribution in [-0.4, -0.2) is 48.2 Å². The molecule has 60 heavy (non-hydrogen) atoms. The zero-order valence-corrected chi connectivity index (χ0v) is 34.9. The van der Waals surface area contributed by atoms with Crippen molar-refractivity contribution in [1.29, 1.82) is 0 Å². The number of aliphatic hydroxyl groups excluding tert-OH is 1. The van der Waals surface area contributed by atoms with Crippen molar-refractivity contribution in [2.75, 3.05) is 0 Å². The number of nitrogens with zero attached hydrogens (tertiary/aromatic N) is 3. The zero-order chi connectivity index (χ0) is 43.5. The number of fused-ring (bicyclic) bond motifs is 3. The monoisotopic (exact) mass is 809 g/mol. The molecule has 12 nitrogen and oxygen atoms in total. The number of rotatable bonds is 6. The number of esters is 3. The van der Waals surface area contributed by atoms with Crippen LogP contribution in [0.15, 0.2) is 103 Å². The molecule has 0 saturated heterocycles. The van der Waals surface area contributed by atoms with Crippen molar-refractivity contribution < 1.29 is 43.9 Å². The highest BCUT2D eigenvalue weighted by atomic mass is 16.5. The Morgan fingerprint density at radius 1 is 0.550 bits per heavy atom. The lowest BCUT2D eigenvalue weighted by atomic mass is 9.78. The zero-order valence-electron chi connectivity index (χ0n) is 34.9. The average Bonchev–Trinajstić information content (AvgIpc) is 3.16. The van der Waals surface area contributed by atoms with E-state index in [-0.39, 0.29) is 74.6 Å². The molecule has 0 saturated carbocycles. The van der Waals surface area contributed by atoms with Gasteiger partial charge in [0.15, 0.2) is 17.5 Å². The number of carbonyl (C=O) groups excluding carboxylic acids is 3. The molecule has 0 fully saturated rings. The number of hydrogen-bond acceptors (Lipinski definition) is 12. The van der Waals surface area contributed by atoms with Gasteiger partial charge in [0.2, 0.25) is 0 Å². The van der Waals surface area contributed by atoms with Crippen molar-refractivity contribution in [3.8, 4) is 45.8 Å². The van der Waals surface area contributed by atoms with Crippen LogP contribution >= 0.6 is 0 Å². The highest BCUT2D eigenvalue weighted by Crippen LogP contribution is 2.44. The summed E-state index contributed by atoms with van der Waals surface area (Å²) < 4.78 is 17.3. The molecule has 5 aromatic rings. The minimum Gasteiger partial charge on any atom is -0.508 e. The van der Waals surface area contributed by atoms with E-state index in [0.717, 1.165) is 0 Å². The van der Waals surface area contributed by atoms with Crippen LogP contribution in [0.3, 0.4) is 0 Å². The minimum absolute atomic E-state index is 0.00154. The number of benzene rings is 4. The first-order valence-corrected chi connectivity index (χ1v) is 19.6. The molecule has 1 aromatic heterocycles. The normalized spacial score (nSPS) is 16.7. The van der Waals surface area contributed by atoms with Crippen LogP contribution in [0.2, 0.25) is 0 Å². The molecule has 0 amide bonds. The summed E-state index contributed by atoms with van der Waals surface area (Å²) in [4.78, 5) is 53.5. The summed E-state index contributed by atoms with van der Waals surface area (Å²) in [6, 6.07) is 16.4. The van der Waals surface area contributed by atoms with E-state index in [2.05, 4.69) is 0 Å². The topological polar surface area (TPSA) is 178 Å². The number of aliphatic hydroxyl groups is 1. The van der Waals surface area contributed by atoms with Crippen molar-refractivity contribution in [2.45, 2.75) is 62.3 Å². The summed E-state index contributed by atoms with van der Waals surface area (Å²) >= 11 is 0. The molecule has 0 spiro atoms. The molecule has 0 aliphatic heterocycles. The van der Waals surface area contributed by atoms with Crippen LogP contribution in [0.4, 0.5) is 0 Å². The Labute approximate surface area is 347 Å². The van der Waals surface area contributed by atoms with Gasteiger partial charge in [0.1, 0.15) is 34.5 Å². The Hall–Kier alpha value is -6.82. The fraction of sp³-hybridized carbons (Fsp3) is 0.292. The van der Waals surface area contributed by atoms with E-state index in [1.807, 2.05) is 12.2 Å². The van der Waals surface area contributed by atoms with E-state index >= 15 is 0 Å². The third-order valence-corrected chi connectivity index (χ3v) is 10.1.